The molecule has 0 fully saturated rings. The van der Waals surface area contributed by atoms with Gasteiger partial charge in [-0.1, -0.05) is 60.0 Å². The van der Waals surface area contributed by atoms with Gasteiger partial charge in [-0.15, -0.1) is 0 Å². The number of rotatable bonds is 20. The number of thiol groups is 1. The number of carbonyl (C=O) groups is 4. The minimum Gasteiger partial charge on any atom is -1.00 e. The summed E-state index contributed by atoms with van der Waals surface area (Å²) in [5, 5.41) is 11.5. The molecule has 0 aliphatic carbocycles. The van der Waals surface area contributed by atoms with Gasteiger partial charge in [0, 0.05) is 12.2 Å². The molecule has 9 nitrogen and oxygen atoms in total. The second-order valence-corrected chi connectivity index (χ2v) is 15.8. The van der Waals surface area contributed by atoms with Crippen molar-refractivity contribution in [2.45, 2.75) is 58.0 Å². The Morgan fingerprint density at radius 2 is 1.35 bits per heavy atom. The molecule has 2 unspecified atom stereocenters. The summed E-state index contributed by atoms with van der Waals surface area (Å²) in [6.45, 7) is 3.48. The van der Waals surface area contributed by atoms with E-state index in [1.54, 1.807) is 13.8 Å². The van der Waals surface area contributed by atoms with Gasteiger partial charge in [0.15, 0.2) is 0 Å². The van der Waals surface area contributed by atoms with Crippen LogP contribution in [0.3, 0.4) is 0 Å². The fourth-order valence-corrected chi connectivity index (χ4v) is 10.7. The number of ether oxygens (including phenoxy) is 2. The van der Waals surface area contributed by atoms with Gasteiger partial charge in [-0.2, -0.15) is 0 Å². The van der Waals surface area contributed by atoms with Crippen molar-refractivity contribution in [3.63, 3.8) is 0 Å². The maximum atomic E-state index is 13.0. The molecule has 0 aliphatic heterocycles. The zero-order valence-corrected chi connectivity index (χ0v) is 31.6. The Morgan fingerprint density at radius 1 is 0.816 bits per heavy atom. The van der Waals surface area contributed by atoms with Crippen LogP contribution >= 0.6 is 18.6 Å². The highest BCUT2D eigenvalue weighted by Crippen LogP contribution is 2.55. The molecule has 3 aromatic carbocycles. The van der Waals surface area contributed by atoms with E-state index >= 15 is 0 Å². The molecule has 2 amide bonds. The van der Waals surface area contributed by atoms with E-state index in [4.69, 9.17) is 15.2 Å². The molecule has 0 aromatic heterocycles. The van der Waals surface area contributed by atoms with Gasteiger partial charge in [0.05, 0.1) is 19.4 Å². The van der Waals surface area contributed by atoms with Crippen molar-refractivity contribution >= 4 is 63.6 Å². The van der Waals surface area contributed by atoms with Gasteiger partial charge in [0.1, 0.15) is 41.8 Å². The molecular weight excluding hydrogens is 725 g/mol. The van der Waals surface area contributed by atoms with Crippen LogP contribution in [0.4, 0.5) is 0 Å². The van der Waals surface area contributed by atoms with Crippen LogP contribution in [0.25, 0.3) is 0 Å². The number of unbranched alkanes of at least 4 members (excludes halogenated alkanes) is 2. The van der Waals surface area contributed by atoms with E-state index < -0.39 is 43.1 Å². The van der Waals surface area contributed by atoms with Crippen LogP contribution in [0.2, 0.25) is 0 Å². The Kier molecular flexibility index (Phi) is 19.7. The minimum absolute atomic E-state index is 0. The van der Waals surface area contributed by atoms with Crippen LogP contribution < -0.4 is 49.3 Å². The number of hydrogen-bond donors (Lipinski definition) is 4. The molecule has 0 saturated heterocycles. The average molecular weight is 775 g/mol. The minimum atomic E-state index is -1.89. The van der Waals surface area contributed by atoms with Crippen LogP contribution in [0.5, 0.6) is 0 Å². The summed E-state index contributed by atoms with van der Waals surface area (Å²) >= 11 is 0.880. The van der Waals surface area contributed by atoms with Crippen LogP contribution in [-0.4, -0.2) is 72.9 Å². The zero-order valence-electron chi connectivity index (χ0n) is 28.3. The Morgan fingerprint density at radius 3 is 1.86 bits per heavy atom. The van der Waals surface area contributed by atoms with Gasteiger partial charge < -0.3 is 42.8 Å². The number of amides is 2. The lowest BCUT2D eigenvalue weighted by Gasteiger charge is -2.27. The van der Waals surface area contributed by atoms with Gasteiger partial charge in [-0.25, -0.2) is 11.4 Å². The topological polar surface area (TPSA) is 137 Å². The normalized spacial score (nSPS) is 12.5. The average Bonchev–Trinajstić information content (AvgIpc) is 3.11. The summed E-state index contributed by atoms with van der Waals surface area (Å²) < 4.78 is 9.80. The van der Waals surface area contributed by atoms with Crippen LogP contribution in [0.1, 0.15) is 46.0 Å². The fourth-order valence-electron chi connectivity index (χ4n) is 5.35. The maximum absolute atomic E-state index is 13.0. The molecule has 12 heteroatoms. The van der Waals surface area contributed by atoms with Gasteiger partial charge in [-0.3, -0.25) is 19.2 Å². The number of halogens is 1. The Bertz CT molecular complexity index is 1370. The molecule has 3 rings (SSSR count). The lowest BCUT2D eigenvalue weighted by Crippen LogP contribution is -3.00. The molecule has 0 radical (unpaired) electrons. The second-order valence-electron chi connectivity index (χ2n) is 11.1. The summed E-state index contributed by atoms with van der Waals surface area (Å²) in [6.07, 6.45) is 3.90. The van der Waals surface area contributed by atoms with Gasteiger partial charge in [0.25, 0.3) is 0 Å². The molecule has 49 heavy (non-hydrogen) atoms. The third kappa shape index (κ3) is 13.5. The molecule has 4 N–H and O–H groups in total. The number of esters is 2. The predicted molar refractivity (Wildman–Crippen MR) is 199 cm³/mol. The third-order valence-electron chi connectivity index (χ3n) is 7.72. The first-order valence-corrected chi connectivity index (χ1v) is 19.6. The number of benzene rings is 3. The number of nitrogens with one attached hydrogen (secondary N) is 2. The molecule has 0 aliphatic rings. The van der Waals surface area contributed by atoms with Crippen molar-refractivity contribution in [1.82, 2.24) is 10.6 Å². The molecule has 2 atom stereocenters. The van der Waals surface area contributed by atoms with E-state index in [2.05, 4.69) is 107 Å². The third-order valence-corrected chi connectivity index (χ3v) is 13.3. The van der Waals surface area contributed by atoms with Gasteiger partial charge in [0.2, 0.25) is 11.8 Å². The smallest absolute Gasteiger partial charge is 0.325 e. The standard InChI is InChI=1S/C37H48N3O6PS.BrH/c1-3-45-35(42)27-39-36(43)33(40-34(41)24-23-32(38)37(44)46-4-2)28-48-26-16-8-15-25-47(29-17-9-5-10-18-29,30-19-11-6-12-20-30)31-21-13-7-14-22-31;/h5-7,9-14,17-22,26,32-33,48H,3-4,8,15-16,23-25,27-28,38H2,1-2H3,(H-,39,40,41,43);1H. The molecule has 3 aromatic rings. The molecule has 266 valence electrons. The van der Waals surface area contributed by atoms with E-state index in [9.17, 15) is 19.2 Å². The zero-order chi connectivity index (χ0) is 34.6. The Balaban J connectivity index is 0.00000833. The highest BCUT2D eigenvalue weighted by atomic mass is 79.9. The van der Waals surface area contributed by atoms with Gasteiger partial charge in [-0.05, 0) is 75.9 Å². The SMILES string of the molecule is CCOC(=O)CNC(=O)C(C[SH]=CCCCC[P+](c1ccccc1)(c1ccccc1)c1ccccc1)NC(=O)CCC(N)C(=O)OCC.[Br-]. The number of carbonyl (C=O) groups excluding carboxylic acids is 4. The monoisotopic (exact) mass is 773 g/mol. The lowest BCUT2D eigenvalue weighted by molar-refractivity contribution is -0.145. The molecule has 0 spiro atoms. The van der Waals surface area contributed by atoms with Crippen molar-refractivity contribution < 1.29 is 45.6 Å². The molecule has 0 saturated carbocycles. The van der Waals surface area contributed by atoms with E-state index in [1.807, 2.05) is 0 Å². The maximum Gasteiger partial charge on any atom is 0.325 e. The van der Waals surface area contributed by atoms with E-state index in [0.29, 0.717) is 5.75 Å². The Hall–Kier alpha value is -3.37. The summed E-state index contributed by atoms with van der Waals surface area (Å²) in [4.78, 5) is 49.3. The highest BCUT2D eigenvalue weighted by Gasteiger charge is 2.44. The Labute approximate surface area is 305 Å². The molecular formula is C37H49BrN3O6PS. The van der Waals surface area contributed by atoms with Crippen LogP contribution in [-0.2, 0) is 28.7 Å². The lowest BCUT2D eigenvalue weighted by atomic mass is 10.1. The molecule has 0 heterocycles. The summed E-state index contributed by atoms with van der Waals surface area (Å²) in [5.41, 5.74) is 5.83. The predicted octanol–water partition coefficient (Wildman–Crippen LogP) is 0.257. The first-order valence-electron chi connectivity index (χ1n) is 16.5. The summed E-state index contributed by atoms with van der Waals surface area (Å²) in [6, 6.07) is 30.6. The highest BCUT2D eigenvalue weighted by molar-refractivity contribution is 7.97. The number of hydrogen-bond acceptors (Lipinski definition) is 7. The second kappa shape index (κ2) is 23.1. The van der Waals surface area contributed by atoms with Crippen molar-refractivity contribution in [1.29, 1.82) is 0 Å². The fraction of sp³-hybridized carbons (Fsp3) is 0.378. The van der Waals surface area contributed by atoms with Crippen LogP contribution in [0, 0.1) is 0 Å². The summed E-state index contributed by atoms with van der Waals surface area (Å²) in [7, 11) is -1.89. The summed E-state index contributed by atoms with van der Waals surface area (Å²) in [5.74, 6) is -1.68. The quantitative estimate of drug-likeness (QED) is 0.0426. The number of nitrogens with two attached hydrogens (primary N) is 1. The largest absolute Gasteiger partial charge is 1.00 e. The van der Waals surface area contributed by atoms with E-state index in [1.165, 1.54) is 15.9 Å². The van der Waals surface area contributed by atoms with Crippen molar-refractivity contribution in [2.75, 3.05) is 31.7 Å². The van der Waals surface area contributed by atoms with E-state index in [-0.39, 0.29) is 49.6 Å². The molecule has 0 bridgehead atoms. The first-order chi connectivity index (χ1) is 23.3. The van der Waals surface area contributed by atoms with Crippen molar-refractivity contribution in [3.05, 3.63) is 91.0 Å². The van der Waals surface area contributed by atoms with Crippen LogP contribution in [0.15, 0.2) is 91.0 Å². The van der Waals surface area contributed by atoms with Crippen molar-refractivity contribution in [2.24, 2.45) is 5.73 Å². The van der Waals surface area contributed by atoms with Crippen molar-refractivity contribution in [3.8, 4) is 0 Å². The first kappa shape index (κ1) is 41.8. The van der Waals surface area contributed by atoms with E-state index in [0.717, 1.165) is 36.8 Å². The van der Waals surface area contributed by atoms with Gasteiger partial charge >= 0.3 is 11.9 Å².